The third-order valence-corrected chi connectivity index (χ3v) is 5.44. The van der Waals surface area contributed by atoms with Gasteiger partial charge in [0.2, 0.25) is 17.7 Å². The number of aromatic nitrogens is 2. The Morgan fingerprint density at radius 1 is 1.33 bits per heavy atom. The Hall–Kier alpha value is -1.57. The predicted molar refractivity (Wildman–Crippen MR) is 89.5 cm³/mol. The first-order valence-corrected chi connectivity index (χ1v) is 9.59. The van der Waals surface area contributed by atoms with E-state index in [0.29, 0.717) is 30.0 Å². The topological polar surface area (TPSA) is 88.3 Å². The van der Waals surface area contributed by atoms with Crippen molar-refractivity contribution >= 4 is 23.6 Å². The molecule has 8 heteroatoms. The van der Waals surface area contributed by atoms with Gasteiger partial charge in [-0.1, -0.05) is 31.0 Å². The van der Waals surface area contributed by atoms with E-state index in [9.17, 15) is 9.59 Å². The molecule has 0 bridgehead atoms. The number of nitrogens with zero attached hydrogens (tertiary/aromatic N) is 3. The molecule has 1 aromatic heterocycles. The summed E-state index contributed by atoms with van der Waals surface area (Å²) in [5, 5.41) is 10.9. The largest absolute Gasteiger partial charge is 0.416 e. The minimum atomic E-state index is -0.104. The van der Waals surface area contributed by atoms with E-state index < -0.39 is 0 Å². The van der Waals surface area contributed by atoms with Gasteiger partial charge in [0.25, 0.3) is 5.22 Å². The summed E-state index contributed by atoms with van der Waals surface area (Å²) in [4.78, 5) is 26.1. The van der Waals surface area contributed by atoms with Crippen LogP contribution in [-0.4, -0.2) is 51.8 Å². The minimum Gasteiger partial charge on any atom is -0.416 e. The first kappa shape index (κ1) is 17.3. The van der Waals surface area contributed by atoms with Gasteiger partial charge in [0.1, 0.15) is 0 Å². The van der Waals surface area contributed by atoms with Crippen LogP contribution in [-0.2, 0) is 9.59 Å². The summed E-state index contributed by atoms with van der Waals surface area (Å²) in [6.45, 7) is 3.19. The lowest BCUT2D eigenvalue weighted by Crippen LogP contribution is -2.39. The van der Waals surface area contributed by atoms with Crippen LogP contribution in [0.3, 0.4) is 0 Å². The van der Waals surface area contributed by atoms with Crippen LogP contribution in [0.25, 0.3) is 0 Å². The van der Waals surface area contributed by atoms with Crippen molar-refractivity contribution < 1.29 is 14.0 Å². The molecule has 0 aromatic carbocycles. The van der Waals surface area contributed by atoms with Crippen LogP contribution < -0.4 is 5.32 Å². The highest BCUT2D eigenvalue weighted by atomic mass is 32.2. The molecule has 2 fully saturated rings. The summed E-state index contributed by atoms with van der Waals surface area (Å²) in [5.41, 5.74) is 0. The summed E-state index contributed by atoms with van der Waals surface area (Å²) in [6.07, 6.45) is 6.73. The number of carbonyl (C=O) groups is 2. The summed E-state index contributed by atoms with van der Waals surface area (Å²) in [6, 6.07) is -0.0846. The van der Waals surface area contributed by atoms with Crippen molar-refractivity contribution in [2.45, 2.75) is 56.7 Å². The van der Waals surface area contributed by atoms with Crippen molar-refractivity contribution in [3.05, 3.63) is 5.89 Å². The fraction of sp³-hybridized carbons (Fsp3) is 0.750. The maximum absolute atomic E-state index is 12.2. The minimum absolute atomic E-state index is 0.0846. The van der Waals surface area contributed by atoms with E-state index in [1.54, 1.807) is 6.92 Å². The van der Waals surface area contributed by atoms with Gasteiger partial charge < -0.3 is 14.6 Å². The Morgan fingerprint density at radius 2 is 2.12 bits per heavy atom. The van der Waals surface area contributed by atoms with Crippen LogP contribution in [0.1, 0.15) is 44.4 Å². The molecule has 0 spiro atoms. The molecule has 1 aliphatic carbocycles. The molecule has 132 valence electrons. The number of carbonyl (C=O) groups excluding carboxylic acids is 2. The van der Waals surface area contributed by atoms with Gasteiger partial charge in [-0.15, -0.1) is 10.2 Å². The van der Waals surface area contributed by atoms with Gasteiger partial charge in [0.05, 0.1) is 11.8 Å². The van der Waals surface area contributed by atoms with Crippen LogP contribution in [0.5, 0.6) is 0 Å². The molecule has 0 radical (unpaired) electrons. The number of hydrogen-bond donors (Lipinski definition) is 1. The SMILES string of the molecule is Cc1nnc(SCC(=O)NC2CC(=O)N(CC3CCCCC3)C2)o1. The molecular weight excluding hydrogens is 328 g/mol. The van der Waals surface area contributed by atoms with E-state index >= 15 is 0 Å². The van der Waals surface area contributed by atoms with Gasteiger partial charge in [-0.05, 0) is 18.8 Å². The number of aryl methyl sites for hydroxylation is 1. The second-order valence-corrected chi connectivity index (χ2v) is 7.57. The highest BCUT2D eigenvalue weighted by Crippen LogP contribution is 2.26. The maximum atomic E-state index is 12.2. The molecule has 2 aliphatic rings. The second-order valence-electron chi connectivity index (χ2n) is 6.65. The van der Waals surface area contributed by atoms with Gasteiger partial charge >= 0.3 is 0 Å². The fourth-order valence-electron chi connectivity index (χ4n) is 3.46. The van der Waals surface area contributed by atoms with E-state index in [2.05, 4.69) is 15.5 Å². The molecule has 2 heterocycles. The standard InChI is InChI=1S/C16H24N4O3S/c1-11-18-19-16(23-11)24-10-14(21)17-13-7-15(22)20(9-13)8-12-5-3-2-4-6-12/h12-13H,2-10H2,1H3,(H,17,21). The Morgan fingerprint density at radius 3 is 2.83 bits per heavy atom. The number of thioether (sulfide) groups is 1. The molecule has 1 N–H and O–H groups in total. The Balaban J connectivity index is 1.40. The summed E-state index contributed by atoms with van der Waals surface area (Å²) in [5.74, 6) is 1.39. The van der Waals surface area contributed by atoms with Crippen LogP contribution in [0.2, 0.25) is 0 Å². The van der Waals surface area contributed by atoms with Crippen molar-refractivity contribution in [2.75, 3.05) is 18.8 Å². The summed E-state index contributed by atoms with van der Waals surface area (Å²) >= 11 is 1.21. The lowest BCUT2D eigenvalue weighted by atomic mass is 9.89. The lowest BCUT2D eigenvalue weighted by molar-refractivity contribution is -0.128. The zero-order valence-electron chi connectivity index (χ0n) is 14.0. The predicted octanol–water partition coefficient (Wildman–Crippen LogP) is 1.77. The molecule has 1 atom stereocenters. The van der Waals surface area contributed by atoms with Gasteiger partial charge in [-0.25, -0.2) is 0 Å². The third kappa shape index (κ3) is 4.72. The van der Waals surface area contributed by atoms with Gasteiger partial charge in [-0.3, -0.25) is 9.59 Å². The third-order valence-electron chi connectivity index (χ3n) is 4.62. The summed E-state index contributed by atoms with van der Waals surface area (Å²) in [7, 11) is 0. The van der Waals surface area contributed by atoms with Crippen molar-refractivity contribution in [1.82, 2.24) is 20.4 Å². The Bertz CT molecular complexity index is 586. The van der Waals surface area contributed by atoms with E-state index in [1.807, 2.05) is 4.90 Å². The van der Waals surface area contributed by atoms with E-state index in [1.165, 1.54) is 43.9 Å². The van der Waals surface area contributed by atoms with Crippen LogP contribution in [0, 0.1) is 12.8 Å². The average molecular weight is 352 g/mol. The fourth-order valence-corrected chi connectivity index (χ4v) is 4.08. The Kier molecular flexibility index (Phi) is 5.76. The molecule has 1 unspecified atom stereocenters. The Labute approximate surface area is 145 Å². The highest BCUT2D eigenvalue weighted by Gasteiger charge is 2.32. The summed E-state index contributed by atoms with van der Waals surface area (Å²) < 4.78 is 5.22. The molecular formula is C16H24N4O3S. The molecule has 1 saturated heterocycles. The molecule has 3 rings (SSSR count). The maximum Gasteiger partial charge on any atom is 0.277 e. The molecule has 7 nitrogen and oxygen atoms in total. The smallest absolute Gasteiger partial charge is 0.277 e. The lowest BCUT2D eigenvalue weighted by Gasteiger charge is -2.27. The van der Waals surface area contributed by atoms with Gasteiger partial charge in [0, 0.05) is 26.4 Å². The normalized spacial score (nSPS) is 22.1. The van der Waals surface area contributed by atoms with Gasteiger partial charge in [0.15, 0.2) is 0 Å². The van der Waals surface area contributed by atoms with Crippen molar-refractivity contribution in [3.63, 3.8) is 0 Å². The number of hydrogen-bond acceptors (Lipinski definition) is 6. The van der Waals surface area contributed by atoms with Crippen LogP contribution in [0.4, 0.5) is 0 Å². The first-order valence-electron chi connectivity index (χ1n) is 8.60. The van der Waals surface area contributed by atoms with Crippen LogP contribution >= 0.6 is 11.8 Å². The number of likely N-dealkylation sites (tertiary alicyclic amines) is 1. The second kappa shape index (κ2) is 8.00. The van der Waals surface area contributed by atoms with Gasteiger partial charge in [-0.2, -0.15) is 0 Å². The van der Waals surface area contributed by atoms with Crippen molar-refractivity contribution in [3.8, 4) is 0 Å². The van der Waals surface area contributed by atoms with Crippen molar-refractivity contribution in [2.24, 2.45) is 5.92 Å². The monoisotopic (exact) mass is 352 g/mol. The van der Waals surface area contributed by atoms with Crippen LogP contribution in [0.15, 0.2) is 9.64 Å². The highest BCUT2D eigenvalue weighted by molar-refractivity contribution is 7.99. The molecule has 2 amide bonds. The zero-order valence-corrected chi connectivity index (χ0v) is 14.8. The zero-order chi connectivity index (χ0) is 16.9. The van der Waals surface area contributed by atoms with E-state index in [0.717, 1.165) is 6.54 Å². The average Bonchev–Trinajstić information content (AvgIpc) is 3.12. The first-order chi connectivity index (χ1) is 11.6. The van der Waals surface area contributed by atoms with E-state index in [4.69, 9.17) is 4.42 Å². The number of rotatable bonds is 6. The quantitative estimate of drug-likeness (QED) is 0.785. The van der Waals surface area contributed by atoms with Crippen molar-refractivity contribution in [1.29, 1.82) is 0 Å². The molecule has 1 aromatic rings. The number of nitrogens with one attached hydrogen (secondary N) is 1. The number of amides is 2. The molecule has 1 aliphatic heterocycles. The van der Waals surface area contributed by atoms with E-state index in [-0.39, 0.29) is 23.6 Å². The molecule has 24 heavy (non-hydrogen) atoms. The molecule has 1 saturated carbocycles.